The van der Waals surface area contributed by atoms with Crippen LogP contribution in [0.1, 0.15) is 27.1 Å². The topological polar surface area (TPSA) is 37.3 Å². The summed E-state index contributed by atoms with van der Waals surface area (Å²) in [4.78, 5) is 12.6. The van der Waals surface area contributed by atoms with Crippen LogP contribution in [0.5, 0.6) is 0 Å². The number of aliphatic carboxylic acids is 1. The third-order valence-corrected chi connectivity index (χ3v) is 6.65. The molecule has 0 fully saturated rings. The van der Waals surface area contributed by atoms with Gasteiger partial charge in [0.25, 0.3) is 0 Å². The van der Waals surface area contributed by atoms with Crippen LogP contribution in [0.15, 0.2) is 42.5 Å². The molecular weight excluding hydrogens is 352 g/mol. The number of carboxylic acid groups (broad SMARTS) is 1. The van der Waals surface area contributed by atoms with Crippen molar-refractivity contribution in [3.63, 3.8) is 0 Å². The molecular formula is C24H22O2S. The molecule has 0 saturated carbocycles. The van der Waals surface area contributed by atoms with Crippen LogP contribution in [0, 0.1) is 27.7 Å². The van der Waals surface area contributed by atoms with E-state index >= 15 is 0 Å². The summed E-state index contributed by atoms with van der Waals surface area (Å²) < 4.78 is 1.31. The monoisotopic (exact) mass is 374 g/mol. The lowest BCUT2D eigenvalue weighted by atomic mass is 9.89. The molecule has 0 atom stereocenters. The largest absolute Gasteiger partial charge is 0.481 e. The van der Waals surface area contributed by atoms with Crippen LogP contribution < -0.4 is 0 Å². The van der Waals surface area contributed by atoms with Gasteiger partial charge in [0.15, 0.2) is 0 Å². The summed E-state index contributed by atoms with van der Waals surface area (Å²) in [5.41, 5.74) is 6.76. The molecule has 0 amide bonds. The first-order valence-electron chi connectivity index (χ1n) is 9.10. The second kappa shape index (κ2) is 6.50. The molecule has 27 heavy (non-hydrogen) atoms. The summed E-state index contributed by atoms with van der Waals surface area (Å²) in [6.07, 6.45) is 0.0689. The molecule has 0 radical (unpaired) electrons. The Hall–Kier alpha value is -2.65. The van der Waals surface area contributed by atoms with Crippen LogP contribution in [0.2, 0.25) is 0 Å². The second-order valence-corrected chi connectivity index (χ2v) is 8.54. The zero-order chi connectivity index (χ0) is 19.3. The van der Waals surface area contributed by atoms with Gasteiger partial charge in [-0.15, -0.1) is 11.3 Å². The molecule has 0 unspecified atom stereocenters. The Labute approximate surface area is 163 Å². The Morgan fingerprint density at radius 2 is 1.67 bits per heavy atom. The minimum Gasteiger partial charge on any atom is -0.481 e. The van der Waals surface area contributed by atoms with Crippen molar-refractivity contribution in [2.24, 2.45) is 0 Å². The van der Waals surface area contributed by atoms with Gasteiger partial charge in [-0.05, 0) is 77.9 Å². The number of carboxylic acids is 1. The van der Waals surface area contributed by atoms with Gasteiger partial charge in [-0.1, -0.05) is 36.4 Å². The highest BCUT2D eigenvalue weighted by Crippen LogP contribution is 2.43. The van der Waals surface area contributed by atoms with Crippen molar-refractivity contribution in [3.8, 4) is 11.1 Å². The molecule has 0 aliphatic heterocycles. The maximum Gasteiger partial charge on any atom is 0.307 e. The van der Waals surface area contributed by atoms with Crippen LogP contribution in [0.3, 0.4) is 0 Å². The number of carbonyl (C=O) groups is 1. The summed E-state index contributed by atoms with van der Waals surface area (Å²) >= 11 is 1.84. The standard InChI is InChI=1S/C24H22O2S/c1-13-9-18(10-14(2)20(13)12-22(25)26)24-19-8-6-5-7-17(19)11-21-23(24)15(3)16(4)27-21/h5-11H,12H2,1-4H3,(H,25,26). The minimum atomic E-state index is -0.786. The van der Waals surface area contributed by atoms with E-state index in [-0.39, 0.29) is 6.42 Å². The highest BCUT2D eigenvalue weighted by Gasteiger charge is 2.17. The Kier molecular flexibility index (Phi) is 4.27. The minimum absolute atomic E-state index is 0.0689. The van der Waals surface area contributed by atoms with Crippen LogP contribution in [-0.2, 0) is 11.2 Å². The number of fused-ring (bicyclic) bond motifs is 2. The van der Waals surface area contributed by atoms with E-state index in [0.29, 0.717) is 0 Å². The first-order valence-corrected chi connectivity index (χ1v) is 9.92. The number of aryl methyl sites for hydroxylation is 4. The summed E-state index contributed by atoms with van der Waals surface area (Å²) in [5, 5.41) is 13.0. The van der Waals surface area contributed by atoms with E-state index in [0.717, 1.165) is 16.7 Å². The smallest absolute Gasteiger partial charge is 0.307 e. The van der Waals surface area contributed by atoms with Gasteiger partial charge in [-0.2, -0.15) is 0 Å². The fourth-order valence-corrected chi connectivity index (χ4v) is 5.19. The molecule has 4 rings (SSSR count). The molecule has 0 aliphatic rings. The Morgan fingerprint density at radius 1 is 1.00 bits per heavy atom. The van der Waals surface area contributed by atoms with E-state index in [1.807, 2.05) is 25.2 Å². The number of thiophene rings is 1. The van der Waals surface area contributed by atoms with Gasteiger partial charge in [0.05, 0.1) is 6.42 Å². The van der Waals surface area contributed by atoms with Crippen LogP contribution >= 0.6 is 11.3 Å². The molecule has 1 N–H and O–H groups in total. The van der Waals surface area contributed by atoms with Crippen LogP contribution in [-0.4, -0.2) is 11.1 Å². The molecule has 3 aromatic carbocycles. The molecule has 136 valence electrons. The number of hydrogen-bond acceptors (Lipinski definition) is 2. The molecule has 0 aliphatic carbocycles. The average Bonchev–Trinajstić information content (AvgIpc) is 2.89. The number of hydrogen-bond donors (Lipinski definition) is 1. The van der Waals surface area contributed by atoms with E-state index < -0.39 is 5.97 Å². The SMILES string of the molecule is Cc1cc(-c2c3ccccc3cc3sc(C)c(C)c23)cc(C)c1CC(=O)O. The molecule has 2 nitrogen and oxygen atoms in total. The van der Waals surface area contributed by atoms with E-state index in [1.54, 1.807) is 0 Å². The van der Waals surface area contributed by atoms with Crippen molar-refractivity contribution in [2.45, 2.75) is 34.1 Å². The van der Waals surface area contributed by atoms with E-state index in [4.69, 9.17) is 0 Å². The van der Waals surface area contributed by atoms with Gasteiger partial charge < -0.3 is 5.11 Å². The van der Waals surface area contributed by atoms with Gasteiger partial charge in [0.1, 0.15) is 0 Å². The average molecular weight is 375 g/mol. The Morgan fingerprint density at radius 3 is 2.33 bits per heavy atom. The molecule has 0 spiro atoms. The predicted molar refractivity (Wildman–Crippen MR) is 115 cm³/mol. The van der Waals surface area contributed by atoms with E-state index in [9.17, 15) is 9.90 Å². The van der Waals surface area contributed by atoms with Gasteiger partial charge in [-0.3, -0.25) is 4.79 Å². The summed E-state index contributed by atoms with van der Waals surface area (Å²) in [7, 11) is 0. The quantitative estimate of drug-likeness (QED) is 0.439. The van der Waals surface area contributed by atoms with Crippen molar-refractivity contribution in [1.82, 2.24) is 0 Å². The highest BCUT2D eigenvalue weighted by molar-refractivity contribution is 7.19. The maximum absolute atomic E-state index is 11.2. The third-order valence-electron chi connectivity index (χ3n) is 5.49. The van der Waals surface area contributed by atoms with Crippen molar-refractivity contribution in [1.29, 1.82) is 0 Å². The lowest BCUT2D eigenvalue weighted by Crippen LogP contribution is -2.04. The van der Waals surface area contributed by atoms with Crippen molar-refractivity contribution in [2.75, 3.05) is 0 Å². The normalized spacial score (nSPS) is 11.4. The maximum atomic E-state index is 11.2. The third kappa shape index (κ3) is 2.92. The van der Waals surface area contributed by atoms with Crippen molar-refractivity contribution < 1.29 is 9.90 Å². The molecule has 0 bridgehead atoms. The summed E-state index contributed by atoms with van der Waals surface area (Å²) in [6, 6.07) is 15.1. The zero-order valence-electron chi connectivity index (χ0n) is 16.0. The highest BCUT2D eigenvalue weighted by atomic mass is 32.1. The van der Waals surface area contributed by atoms with Gasteiger partial charge >= 0.3 is 5.97 Å². The van der Waals surface area contributed by atoms with Crippen LogP contribution in [0.25, 0.3) is 32.0 Å². The van der Waals surface area contributed by atoms with Gasteiger partial charge in [-0.25, -0.2) is 0 Å². The lowest BCUT2D eigenvalue weighted by Gasteiger charge is -2.15. The zero-order valence-corrected chi connectivity index (χ0v) is 16.8. The molecule has 0 saturated heterocycles. The van der Waals surface area contributed by atoms with Crippen LogP contribution in [0.4, 0.5) is 0 Å². The van der Waals surface area contributed by atoms with Crippen molar-refractivity contribution >= 4 is 38.2 Å². The number of rotatable bonds is 3. The first-order chi connectivity index (χ1) is 12.9. The summed E-state index contributed by atoms with van der Waals surface area (Å²) in [6.45, 7) is 8.41. The van der Waals surface area contributed by atoms with Crippen molar-refractivity contribution in [3.05, 3.63) is 69.6 Å². The molecule has 4 aromatic rings. The Bertz CT molecular complexity index is 1190. The fraction of sp³-hybridized carbons (Fsp3) is 0.208. The summed E-state index contributed by atoms with van der Waals surface area (Å²) in [5.74, 6) is -0.786. The predicted octanol–water partition coefficient (Wildman–Crippen LogP) is 6.58. The van der Waals surface area contributed by atoms with Gasteiger partial charge in [0.2, 0.25) is 0 Å². The molecule has 3 heteroatoms. The lowest BCUT2D eigenvalue weighted by molar-refractivity contribution is -0.136. The molecule has 1 heterocycles. The van der Waals surface area contributed by atoms with E-state index in [1.165, 1.54) is 42.4 Å². The molecule has 1 aromatic heterocycles. The van der Waals surface area contributed by atoms with E-state index in [2.05, 4.69) is 56.3 Å². The first kappa shape index (κ1) is 17.7. The fourth-order valence-electron chi connectivity index (χ4n) is 4.06. The Balaban J connectivity index is 2.10. The number of benzene rings is 3. The second-order valence-electron chi connectivity index (χ2n) is 7.29. The van der Waals surface area contributed by atoms with Gasteiger partial charge in [0, 0.05) is 15.0 Å².